The maximum Gasteiger partial charge on any atom is 0.227 e. The van der Waals surface area contributed by atoms with Crippen LogP contribution in [-0.4, -0.2) is 44.6 Å². The van der Waals surface area contributed by atoms with Gasteiger partial charge >= 0.3 is 0 Å². The van der Waals surface area contributed by atoms with E-state index in [2.05, 4.69) is 0 Å². The van der Waals surface area contributed by atoms with E-state index in [4.69, 9.17) is 4.98 Å². The van der Waals surface area contributed by atoms with Crippen LogP contribution in [0.4, 0.5) is 0 Å². The largest absolute Gasteiger partial charge is 0.341 e. The molecule has 0 unspecified atom stereocenters. The molecule has 4 nitrogen and oxygen atoms in total. The summed E-state index contributed by atoms with van der Waals surface area (Å²) in [5.74, 6) is 1.27. The molecular weight excluding hydrogens is 384 g/mol. The molecule has 134 valence electrons. The highest BCUT2D eigenvalue weighted by atomic mass is 32.2. The van der Waals surface area contributed by atoms with Gasteiger partial charge in [-0.3, -0.25) is 9.00 Å². The summed E-state index contributed by atoms with van der Waals surface area (Å²) < 4.78 is 11.5. The van der Waals surface area contributed by atoms with Crippen LogP contribution in [0.15, 0.2) is 47.8 Å². The molecular formula is C19H18N2O2S3. The van der Waals surface area contributed by atoms with Crippen LogP contribution in [0.2, 0.25) is 0 Å². The summed E-state index contributed by atoms with van der Waals surface area (Å²) in [5, 5.41) is 2.97. The van der Waals surface area contributed by atoms with Gasteiger partial charge in [0.15, 0.2) is 0 Å². The van der Waals surface area contributed by atoms with Gasteiger partial charge in [0.25, 0.3) is 0 Å². The second-order valence-electron chi connectivity index (χ2n) is 6.04. The number of amides is 1. The molecule has 1 fully saturated rings. The van der Waals surface area contributed by atoms with Gasteiger partial charge < -0.3 is 4.90 Å². The standard InChI is InChI=1S/C19H18N2O2S3/c22-17(21-8-11-26(23)12-9-21)13-16-18(15-7-4-10-24-15)20-19(25-16)14-5-2-1-3-6-14/h1-7,10H,8-9,11-13H2. The van der Waals surface area contributed by atoms with Crippen molar-refractivity contribution in [2.75, 3.05) is 24.6 Å². The van der Waals surface area contributed by atoms with E-state index in [9.17, 15) is 9.00 Å². The average Bonchev–Trinajstić information content (AvgIpc) is 3.32. The Bertz CT molecular complexity index is 910. The number of rotatable bonds is 4. The highest BCUT2D eigenvalue weighted by Gasteiger charge is 2.23. The van der Waals surface area contributed by atoms with E-state index in [0.29, 0.717) is 31.0 Å². The lowest BCUT2D eigenvalue weighted by Gasteiger charge is -2.26. The van der Waals surface area contributed by atoms with Crippen molar-refractivity contribution in [1.29, 1.82) is 0 Å². The molecule has 3 aromatic rings. The van der Waals surface area contributed by atoms with Gasteiger partial charge in [-0.25, -0.2) is 4.98 Å². The Morgan fingerprint density at radius 1 is 1.12 bits per heavy atom. The van der Waals surface area contributed by atoms with Gasteiger partial charge in [0.1, 0.15) is 5.01 Å². The lowest BCUT2D eigenvalue weighted by molar-refractivity contribution is -0.130. The Balaban J connectivity index is 1.63. The molecule has 7 heteroatoms. The summed E-state index contributed by atoms with van der Waals surface area (Å²) in [6, 6.07) is 14.1. The van der Waals surface area contributed by atoms with Crippen molar-refractivity contribution in [2.24, 2.45) is 0 Å². The summed E-state index contributed by atoms with van der Waals surface area (Å²) >= 11 is 3.23. The van der Waals surface area contributed by atoms with Crippen LogP contribution >= 0.6 is 22.7 Å². The lowest BCUT2D eigenvalue weighted by Crippen LogP contribution is -2.42. The van der Waals surface area contributed by atoms with Crippen LogP contribution < -0.4 is 0 Å². The molecule has 4 rings (SSSR count). The number of nitrogens with zero attached hydrogens (tertiary/aromatic N) is 2. The van der Waals surface area contributed by atoms with Gasteiger partial charge in [0.05, 0.1) is 17.0 Å². The summed E-state index contributed by atoms with van der Waals surface area (Å²) in [5.41, 5.74) is 1.99. The zero-order valence-corrected chi connectivity index (χ0v) is 16.5. The number of aromatic nitrogens is 1. The fourth-order valence-electron chi connectivity index (χ4n) is 2.92. The van der Waals surface area contributed by atoms with Crippen LogP contribution in [-0.2, 0) is 22.0 Å². The summed E-state index contributed by atoms with van der Waals surface area (Å²) in [6.45, 7) is 1.17. The van der Waals surface area contributed by atoms with Crippen molar-refractivity contribution in [3.63, 3.8) is 0 Å². The highest BCUT2D eigenvalue weighted by Crippen LogP contribution is 2.36. The molecule has 2 aromatic heterocycles. The number of hydrogen-bond donors (Lipinski definition) is 0. The van der Waals surface area contributed by atoms with Gasteiger partial charge in [-0.15, -0.1) is 22.7 Å². The Morgan fingerprint density at radius 2 is 1.88 bits per heavy atom. The van der Waals surface area contributed by atoms with Gasteiger partial charge in [-0.2, -0.15) is 0 Å². The smallest absolute Gasteiger partial charge is 0.227 e. The van der Waals surface area contributed by atoms with Crippen molar-refractivity contribution < 1.29 is 9.00 Å². The number of benzene rings is 1. The SMILES string of the molecule is O=C(Cc1sc(-c2ccccc2)nc1-c1cccs1)N1CCS(=O)CC1. The van der Waals surface area contributed by atoms with E-state index < -0.39 is 10.8 Å². The third-order valence-corrected chi connectivity index (χ3v) is 7.57. The molecule has 1 aliphatic rings. The van der Waals surface area contributed by atoms with Crippen LogP contribution in [0.3, 0.4) is 0 Å². The lowest BCUT2D eigenvalue weighted by atomic mass is 10.2. The van der Waals surface area contributed by atoms with E-state index in [-0.39, 0.29) is 5.91 Å². The molecule has 0 saturated carbocycles. The minimum Gasteiger partial charge on any atom is -0.341 e. The number of carbonyl (C=O) groups excluding carboxylic acids is 1. The predicted octanol–water partition coefficient (Wildman–Crippen LogP) is 3.67. The molecule has 0 N–H and O–H groups in total. The topological polar surface area (TPSA) is 50.3 Å². The Hall–Kier alpha value is -1.83. The Labute approximate surface area is 163 Å². The number of thiophene rings is 1. The highest BCUT2D eigenvalue weighted by molar-refractivity contribution is 7.85. The Kier molecular flexibility index (Phi) is 5.28. The second kappa shape index (κ2) is 7.82. The molecule has 0 radical (unpaired) electrons. The number of carbonyl (C=O) groups is 1. The average molecular weight is 403 g/mol. The fraction of sp³-hybridized carbons (Fsp3) is 0.263. The number of hydrogen-bond acceptors (Lipinski definition) is 5. The minimum absolute atomic E-state index is 0.0998. The van der Waals surface area contributed by atoms with Crippen LogP contribution in [0, 0.1) is 0 Å². The first-order valence-electron chi connectivity index (χ1n) is 8.42. The molecule has 1 saturated heterocycles. The quantitative estimate of drug-likeness (QED) is 0.669. The fourth-order valence-corrected chi connectivity index (χ4v) is 5.85. The van der Waals surface area contributed by atoms with Gasteiger partial charge in [0.2, 0.25) is 5.91 Å². The van der Waals surface area contributed by atoms with E-state index >= 15 is 0 Å². The van der Waals surface area contributed by atoms with Crippen LogP contribution in [0.1, 0.15) is 4.88 Å². The first kappa shape index (κ1) is 17.6. The maximum absolute atomic E-state index is 12.8. The van der Waals surface area contributed by atoms with Crippen molar-refractivity contribution >= 4 is 39.4 Å². The molecule has 3 heterocycles. The molecule has 1 aromatic carbocycles. The van der Waals surface area contributed by atoms with Gasteiger partial charge in [0, 0.05) is 45.8 Å². The third kappa shape index (κ3) is 3.79. The van der Waals surface area contributed by atoms with Crippen molar-refractivity contribution in [3.05, 3.63) is 52.7 Å². The molecule has 0 bridgehead atoms. The van der Waals surface area contributed by atoms with Crippen LogP contribution in [0.5, 0.6) is 0 Å². The minimum atomic E-state index is -0.775. The zero-order valence-electron chi connectivity index (χ0n) is 14.1. The first-order chi connectivity index (χ1) is 12.7. The molecule has 0 atom stereocenters. The number of thiazole rings is 1. The van der Waals surface area contributed by atoms with Gasteiger partial charge in [-0.05, 0) is 11.4 Å². The van der Waals surface area contributed by atoms with E-state index in [1.54, 1.807) is 22.7 Å². The molecule has 1 amide bonds. The summed E-state index contributed by atoms with van der Waals surface area (Å²) in [6.07, 6.45) is 0.352. The van der Waals surface area contributed by atoms with E-state index in [1.807, 2.05) is 52.7 Å². The first-order valence-corrected chi connectivity index (χ1v) is 11.6. The third-order valence-electron chi connectivity index (χ3n) is 4.31. The van der Waals surface area contributed by atoms with Crippen molar-refractivity contribution in [1.82, 2.24) is 9.88 Å². The molecule has 1 aliphatic heterocycles. The van der Waals surface area contributed by atoms with Gasteiger partial charge in [-0.1, -0.05) is 36.4 Å². The summed E-state index contributed by atoms with van der Waals surface area (Å²) in [7, 11) is -0.775. The molecule has 26 heavy (non-hydrogen) atoms. The van der Waals surface area contributed by atoms with Crippen LogP contribution in [0.25, 0.3) is 21.1 Å². The predicted molar refractivity (Wildman–Crippen MR) is 109 cm³/mol. The molecule has 0 spiro atoms. The maximum atomic E-state index is 12.8. The normalized spacial score (nSPS) is 15.3. The summed E-state index contributed by atoms with van der Waals surface area (Å²) in [4.78, 5) is 21.5. The zero-order chi connectivity index (χ0) is 17.9. The Morgan fingerprint density at radius 3 is 2.58 bits per heavy atom. The monoisotopic (exact) mass is 402 g/mol. The van der Waals surface area contributed by atoms with E-state index in [1.165, 1.54) is 0 Å². The van der Waals surface area contributed by atoms with E-state index in [0.717, 1.165) is 26.0 Å². The molecule has 0 aliphatic carbocycles. The van der Waals surface area contributed by atoms with Crippen molar-refractivity contribution in [2.45, 2.75) is 6.42 Å². The second-order valence-corrected chi connectivity index (χ2v) is 9.77. The van der Waals surface area contributed by atoms with Crippen molar-refractivity contribution in [3.8, 4) is 21.1 Å².